The number of aryl methyl sites for hydroxylation is 9. The highest BCUT2D eigenvalue weighted by atomic mass is 16.7. The van der Waals surface area contributed by atoms with Crippen LogP contribution in [0.3, 0.4) is 0 Å². The molecule has 0 bridgehead atoms. The van der Waals surface area contributed by atoms with Crippen molar-refractivity contribution in [1.82, 2.24) is 48.7 Å². The van der Waals surface area contributed by atoms with E-state index in [0.29, 0.717) is 31.9 Å². The molecule has 1 aliphatic rings. The zero-order chi connectivity index (χ0) is 57.4. The standard InChI is InChI=1S/C20H29BN2O4.C18H22N4O2.C14H18N2O2.C7H10N2O/c1-8-23-18(21-26-19(3,4)20(5,6)27-21)17(14(2)22-23)25-13-15-9-11-16(24-7)12-10-15;1-5-22-17(16-10-21(3)12-19-16)18(13(2)20-22)24-11-14-6-8-15(23-4)9-7-14;1-4-16-9-14(11(2)15-16)18-10-12-5-7-13(17-3)8-6-12;1-3-9-4-7(5-10)6(2)8-9/h9-12H,8,13H2,1-7H3;6-10,12H,5,11H2,1-4H3;5-9H,4,10H2,1-3H3;4-5H,3H2,1-2H3. The van der Waals surface area contributed by atoms with Crippen molar-refractivity contribution in [3.63, 3.8) is 0 Å². The number of aromatic nitrogens is 10. The van der Waals surface area contributed by atoms with Gasteiger partial charge in [0.2, 0.25) is 0 Å². The third-order valence-electron chi connectivity index (χ3n) is 13.5. The van der Waals surface area contributed by atoms with Crippen LogP contribution in [0.25, 0.3) is 11.4 Å². The lowest BCUT2D eigenvalue weighted by Gasteiger charge is -2.32. The molecule has 422 valence electrons. The summed E-state index contributed by atoms with van der Waals surface area (Å²) in [7, 11) is 6.42. The fraction of sp³-hybridized carbons (Fsp3) is 0.424. The van der Waals surface area contributed by atoms with Crippen LogP contribution in [-0.2, 0) is 62.4 Å². The molecule has 0 atom stereocenters. The lowest BCUT2D eigenvalue weighted by molar-refractivity contribution is 0.00578. The number of carbonyl (C=O) groups is 1. The fourth-order valence-electron chi connectivity index (χ4n) is 8.19. The number of hydrogen-bond acceptors (Lipinski definition) is 14. The van der Waals surface area contributed by atoms with Crippen LogP contribution in [0.15, 0.2) is 97.7 Å². The average Bonchev–Trinajstić information content (AvgIpc) is 4.40. The number of hydrogen-bond donors (Lipinski definition) is 0. The minimum absolute atomic E-state index is 0.415. The Bertz CT molecular complexity index is 3160. The van der Waals surface area contributed by atoms with Crippen LogP contribution in [0.4, 0.5) is 0 Å². The van der Waals surface area contributed by atoms with Crippen molar-refractivity contribution < 1.29 is 42.5 Å². The van der Waals surface area contributed by atoms with Crippen LogP contribution in [-0.4, -0.2) is 94.6 Å². The van der Waals surface area contributed by atoms with E-state index in [1.165, 1.54) is 0 Å². The maximum atomic E-state index is 10.3. The molecule has 1 fully saturated rings. The van der Waals surface area contributed by atoms with E-state index < -0.39 is 18.3 Å². The molecular formula is C59H79BN10O9. The highest BCUT2D eigenvalue weighted by Crippen LogP contribution is 2.38. The molecule has 3 aromatic carbocycles. The Kier molecular flexibility index (Phi) is 21.1. The number of aldehydes is 1. The Morgan fingerprint density at radius 3 is 1.39 bits per heavy atom. The molecule has 79 heavy (non-hydrogen) atoms. The van der Waals surface area contributed by atoms with Crippen molar-refractivity contribution in [1.29, 1.82) is 0 Å². The van der Waals surface area contributed by atoms with Gasteiger partial charge in [0.05, 0.1) is 56.3 Å². The lowest BCUT2D eigenvalue weighted by atomic mass is 9.83. The molecule has 0 saturated carbocycles. The van der Waals surface area contributed by atoms with E-state index in [2.05, 4.69) is 46.1 Å². The van der Waals surface area contributed by atoms with Gasteiger partial charge in [0, 0.05) is 45.6 Å². The van der Waals surface area contributed by atoms with Gasteiger partial charge in [0.25, 0.3) is 0 Å². The minimum Gasteiger partial charge on any atom is -0.497 e. The van der Waals surface area contributed by atoms with Crippen LogP contribution < -0.4 is 34.0 Å². The summed E-state index contributed by atoms with van der Waals surface area (Å²) in [6.45, 7) is 28.6. The highest BCUT2D eigenvalue weighted by molar-refractivity contribution is 6.62. The highest BCUT2D eigenvalue weighted by Gasteiger charge is 2.54. The van der Waals surface area contributed by atoms with Gasteiger partial charge in [-0.15, -0.1) is 0 Å². The maximum absolute atomic E-state index is 10.3. The molecule has 1 aliphatic heterocycles. The second-order valence-electron chi connectivity index (χ2n) is 19.7. The first kappa shape index (κ1) is 60.4. The van der Waals surface area contributed by atoms with Gasteiger partial charge in [0.15, 0.2) is 23.5 Å². The summed E-state index contributed by atoms with van der Waals surface area (Å²) in [4.78, 5) is 14.8. The van der Waals surface area contributed by atoms with Gasteiger partial charge in [-0.05, 0) is 136 Å². The zero-order valence-electron chi connectivity index (χ0n) is 49.0. The molecule has 9 rings (SSSR count). The Balaban J connectivity index is 0.000000178. The van der Waals surface area contributed by atoms with Crippen molar-refractivity contribution in [2.45, 2.75) is 140 Å². The quantitative estimate of drug-likeness (QED) is 0.0551. The molecule has 8 aromatic rings. The topological polar surface area (TPSA) is 180 Å². The summed E-state index contributed by atoms with van der Waals surface area (Å²) in [6, 6.07) is 23.6. The molecule has 0 radical (unpaired) electrons. The monoisotopic (exact) mass is 1080 g/mol. The minimum atomic E-state index is -0.512. The van der Waals surface area contributed by atoms with Gasteiger partial charge in [-0.1, -0.05) is 36.4 Å². The summed E-state index contributed by atoms with van der Waals surface area (Å²) < 4.78 is 55.4. The molecule has 1 saturated heterocycles. The molecule has 0 amide bonds. The van der Waals surface area contributed by atoms with Crippen molar-refractivity contribution >= 4 is 19.0 Å². The largest absolute Gasteiger partial charge is 0.518 e. The molecule has 20 heteroatoms. The SMILES string of the molecule is CCn1cc(C=O)c(C)n1.CCn1cc(OCc2ccc(OC)cc2)c(C)n1.CCn1nc(C)c(OCc2ccc(OC)cc2)c1-c1cn(C)cn1.CCn1nc(C)c(OCc2ccc(OC)cc2)c1B1OC(C)(C)C(C)(C)O1. The summed E-state index contributed by atoms with van der Waals surface area (Å²) in [6.07, 6.45) is 8.27. The second-order valence-corrected chi connectivity index (χ2v) is 19.7. The number of carbonyl (C=O) groups excluding carboxylic acids is 1. The summed E-state index contributed by atoms with van der Waals surface area (Å²) in [5.41, 5.74) is 9.13. The summed E-state index contributed by atoms with van der Waals surface area (Å²) in [5, 5.41) is 17.6. The van der Waals surface area contributed by atoms with E-state index in [-0.39, 0.29) is 0 Å². The van der Waals surface area contributed by atoms with E-state index in [9.17, 15) is 4.79 Å². The Morgan fingerprint density at radius 2 is 0.987 bits per heavy atom. The Hall–Kier alpha value is -7.84. The van der Waals surface area contributed by atoms with Gasteiger partial charge in [-0.3, -0.25) is 23.5 Å². The average molecular weight is 1080 g/mol. The van der Waals surface area contributed by atoms with Crippen LogP contribution in [0.1, 0.15) is 105 Å². The van der Waals surface area contributed by atoms with Crippen molar-refractivity contribution in [2.75, 3.05) is 21.3 Å². The molecule has 0 aliphatic carbocycles. The number of nitrogens with zero attached hydrogens (tertiary/aromatic N) is 10. The zero-order valence-corrected chi connectivity index (χ0v) is 49.0. The third kappa shape index (κ3) is 15.5. The number of benzene rings is 3. The molecule has 0 spiro atoms. The van der Waals surface area contributed by atoms with Gasteiger partial charge >= 0.3 is 7.12 Å². The predicted molar refractivity (Wildman–Crippen MR) is 306 cm³/mol. The molecule has 5 aromatic heterocycles. The van der Waals surface area contributed by atoms with Gasteiger partial charge < -0.3 is 42.3 Å². The number of imidazole rings is 1. The molecule has 0 N–H and O–H groups in total. The first-order chi connectivity index (χ1) is 37.8. The van der Waals surface area contributed by atoms with Crippen molar-refractivity contribution in [2.24, 2.45) is 7.05 Å². The summed E-state index contributed by atoms with van der Waals surface area (Å²) in [5.74, 6) is 4.87. The first-order valence-electron chi connectivity index (χ1n) is 26.6. The first-order valence-corrected chi connectivity index (χ1v) is 26.6. The van der Waals surface area contributed by atoms with Crippen LogP contribution >= 0.6 is 0 Å². The van der Waals surface area contributed by atoms with E-state index >= 15 is 0 Å². The van der Waals surface area contributed by atoms with Crippen LogP contribution in [0.2, 0.25) is 0 Å². The van der Waals surface area contributed by atoms with Crippen LogP contribution in [0, 0.1) is 27.7 Å². The lowest BCUT2D eigenvalue weighted by Crippen LogP contribution is -2.41. The maximum Gasteiger partial charge on any atom is 0.518 e. The fourth-order valence-corrected chi connectivity index (χ4v) is 8.19. The number of ether oxygens (including phenoxy) is 6. The third-order valence-corrected chi connectivity index (χ3v) is 13.5. The van der Waals surface area contributed by atoms with E-state index in [1.54, 1.807) is 38.5 Å². The van der Waals surface area contributed by atoms with Gasteiger partial charge in [-0.25, -0.2) is 4.98 Å². The van der Waals surface area contributed by atoms with Crippen LogP contribution in [0.5, 0.6) is 34.5 Å². The normalized spacial score (nSPS) is 13.0. The molecular weight excluding hydrogens is 1000 g/mol. The summed E-state index contributed by atoms with van der Waals surface area (Å²) >= 11 is 0. The van der Waals surface area contributed by atoms with Gasteiger partial charge in [-0.2, -0.15) is 20.4 Å². The van der Waals surface area contributed by atoms with Gasteiger partial charge in [0.1, 0.15) is 71.1 Å². The number of rotatable bonds is 19. The smallest absolute Gasteiger partial charge is 0.497 e. The van der Waals surface area contributed by atoms with E-state index in [1.807, 2.05) is 173 Å². The Labute approximate surface area is 465 Å². The second kappa shape index (κ2) is 27.7. The van der Waals surface area contributed by atoms with Crippen molar-refractivity contribution in [3.8, 4) is 45.9 Å². The van der Waals surface area contributed by atoms with Crippen molar-refractivity contribution in [3.05, 3.63) is 143 Å². The molecule has 0 unspecified atom stereocenters. The number of methoxy groups -OCH3 is 3. The van der Waals surface area contributed by atoms with E-state index in [0.717, 1.165) is 117 Å². The molecule has 6 heterocycles. The Morgan fingerprint density at radius 1 is 0.544 bits per heavy atom. The molecule has 19 nitrogen and oxygen atoms in total. The predicted octanol–water partition coefficient (Wildman–Crippen LogP) is 10.1. The van der Waals surface area contributed by atoms with E-state index in [4.69, 9.17) is 37.7 Å².